The van der Waals surface area contributed by atoms with Crippen molar-refractivity contribution in [3.63, 3.8) is 0 Å². The van der Waals surface area contributed by atoms with Gasteiger partial charge in [0.1, 0.15) is 0 Å². The molecular formula is C15H25Cl2N3O. The summed E-state index contributed by atoms with van der Waals surface area (Å²) in [6.45, 7) is 7.03. The minimum atomic E-state index is -0.0206. The van der Waals surface area contributed by atoms with E-state index in [-0.39, 0.29) is 30.7 Å². The van der Waals surface area contributed by atoms with Gasteiger partial charge < -0.3 is 11.1 Å². The average Bonchev–Trinajstić information content (AvgIpc) is 2.86. The van der Waals surface area contributed by atoms with Gasteiger partial charge in [0, 0.05) is 23.8 Å². The van der Waals surface area contributed by atoms with Crippen LogP contribution in [0.2, 0.25) is 0 Å². The first kappa shape index (κ1) is 20.0. The summed E-state index contributed by atoms with van der Waals surface area (Å²) in [6, 6.07) is 5.94. The van der Waals surface area contributed by atoms with Crippen LogP contribution >= 0.6 is 24.8 Å². The molecule has 0 radical (unpaired) electrons. The van der Waals surface area contributed by atoms with Gasteiger partial charge in [-0.2, -0.15) is 0 Å². The quantitative estimate of drug-likeness (QED) is 0.832. The van der Waals surface area contributed by atoms with Gasteiger partial charge in [0.2, 0.25) is 0 Å². The molecule has 1 aliphatic heterocycles. The molecule has 1 amide bonds. The summed E-state index contributed by atoms with van der Waals surface area (Å²) in [7, 11) is 0. The number of nitrogen functional groups attached to an aromatic ring is 1. The van der Waals surface area contributed by atoms with Gasteiger partial charge in [0.25, 0.3) is 5.91 Å². The third kappa shape index (κ3) is 5.06. The molecule has 1 fully saturated rings. The van der Waals surface area contributed by atoms with Crippen LogP contribution in [0.1, 0.15) is 35.7 Å². The number of likely N-dealkylation sites (N-methyl/N-ethyl adjacent to an activating group) is 1. The molecule has 0 bridgehead atoms. The van der Waals surface area contributed by atoms with Crippen molar-refractivity contribution in [2.45, 2.75) is 32.7 Å². The van der Waals surface area contributed by atoms with Crippen LogP contribution in [0.3, 0.4) is 0 Å². The number of carbonyl (C=O) groups excluding carboxylic acids is 1. The monoisotopic (exact) mass is 333 g/mol. The van der Waals surface area contributed by atoms with E-state index in [1.165, 1.54) is 12.8 Å². The van der Waals surface area contributed by atoms with Crippen LogP contribution in [0, 0.1) is 6.92 Å². The molecule has 1 saturated heterocycles. The van der Waals surface area contributed by atoms with Gasteiger partial charge in [-0.05, 0) is 50.6 Å². The minimum absolute atomic E-state index is 0. The van der Waals surface area contributed by atoms with Crippen molar-refractivity contribution in [3.05, 3.63) is 29.3 Å². The Hall–Kier alpha value is -0.970. The van der Waals surface area contributed by atoms with E-state index in [9.17, 15) is 4.79 Å². The number of halogens is 2. The predicted molar refractivity (Wildman–Crippen MR) is 92.7 cm³/mol. The van der Waals surface area contributed by atoms with Gasteiger partial charge in [0.05, 0.1) is 0 Å². The molecule has 1 aromatic carbocycles. The molecule has 2 rings (SSSR count). The number of nitrogens with two attached hydrogens (primary N) is 1. The Morgan fingerprint density at radius 2 is 2.14 bits per heavy atom. The smallest absolute Gasteiger partial charge is 0.251 e. The maximum Gasteiger partial charge on any atom is 0.251 e. The first-order chi connectivity index (χ1) is 9.11. The van der Waals surface area contributed by atoms with Gasteiger partial charge in [-0.3, -0.25) is 9.69 Å². The fraction of sp³-hybridized carbons (Fsp3) is 0.533. The molecule has 1 heterocycles. The van der Waals surface area contributed by atoms with Crippen molar-refractivity contribution in [2.75, 3.05) is 25.4 Å². The number of rotatable bonds is 4. The average molecular weight is 334 g/mol. The van der Waals surface area contributed by atoms with Crippen molar-refractivity contribution >= 4 is 36.4 Å². The number of hydrogen-bond donors (Lipinski definition) is 2. The second kappa shape index (κ2) is 9.13. The van der Waals surface area contributed by atoms with Crippen LogP contribution in [0.4, 0.5) is 5.69 Å². The van der Waals surface area contributed by atoms with Crippen molar-refractivity contribution in [1.82, 2.24) is 10.2 Å². The van der Waals surface area contributed by atoms with Crippen LogP contribution in [0.25, 0.3) is 0 Å². The molecule has 1 aromatic rings. The van der Waals surface area contributed by atoms with Crippen LogP contribution < -0.4 is 11.1 Å². The van der Waals surface area contributed by atoms with Gasteiger partial charge in [-0.15, -0.1) is 24.8 Å². The van der Waals surface area contributed by atoms with E-state index >= 15 is 0 Å². The number of hydrogen-bond acceptors (Lipinski definition) is 3. The van der Waals surface area contributed by atoms with E-state index < -0.39 is 0 Å². The summed E-state index contributed by atoms with van der Waals surface area (Å²) in [5.41, 5.74) is 8.02. The third-order valence-electron chi connectivity index (χ3n) is 3.91. The number of likely N-dealkylation sites (tertiary alicyclic amines) is 1. The molecule has 4 nitrogen and oxygen atoms in total. The highest BCUT2D eigenvalue weighted by atomic mass is 35.5. The first-order valence-electron chi connectivity index (χ1n) is 7.00. The molecule has 1 unspecified atom stereocenters. The molecule has 120 valence electrons. The van der Waals surface area contributed by atoms with Crippen LogP contribution in [-0.2, 0) is 0 Å². The molecule has 0 spiro atoms. The summed E-state index contributed by atoms with van der Waals surface area (Å²) in [5, 5.41) is 3.04. The summed E-state index contributed by atoms with van der Waals surface area (Å²) in [4.78, 5) is 14.6. The maximum atomic E-state index is 12.2. The number of amides is 1. The highest BCUT2D eigenvalue weighted by molar-refractivity contribution is 5.96. The Balaban J connectivity index is 0.00000200. The van der Waals surface area contributed by atoms with E-state index in [0.29, 0.717) is 17.3 Å². The summed E-state index contributed by atoms with van der Waals surface area (Å²) in [5.74, 6) is -0.0206. The fourth-order valence-electron chi connectivity index (χ4n) is 2.73. The highest BCUT2D eigenvalue weighted by Crippen LogP contribution is 2.16. The molecule has 3 N–H and O–H groups in total. The number of benzene rings is 1. The Kier molecular flexibility index (Phi) is 8.71. The van der Waals surface area contributed by atoms with Crippen molar-refractivity contribution in [2.24, 2.45) is 0 Å². The van der Waals surface area contributed by atoms with Gasteiger partial charge in [0.15, 0.2) is 0 Å². The zero-order valence-electron chi connectivity index (χ0n) is 12.6. The molecule has 0 aromatic heterocycles. The molecule has 1 atom stereocenters. The Bertz CT molecular complexity index is 468. The summed E-state index contributed by atoms with van der Waals surface area (Å²) >= 11 is 0. The molecule has 21 heavy (non-hydrogen) atoms. The van der Waals surface area contributed by atoms with Crippen LogP contribution in [0.5, 0.6) is 0 Å². The number of aryl methyl sites for hydroxylation is 1. The lowest BCUT2D eigenvalue weighted by Gasteiger charge is -2.23. The second-order valence-electron chi connectivity index (χ2n) is 5.21. The van der Waals surface area contributed by atoms with Crippen molar-refractivity contribution in [3.8, 4) is 0 Å². The van der Waals surface area contributed by atoms with E-state index in [1.807, 2.05) is 19.1 Å². The highest BCUT2D eigenvalue weighted by Gasteiger charge is 2.23. The van der Waals surface area contributed by atoms with Crippen LogP contribution in [-0.4, -0.2) is 36.5 Å². The second-order valence-corrected chi connectivity index (χ2v) is 5.21. The lowest BCUT2D eigenvalue weighted by atomic mass is 10.1. The predicted octanol–water partition coefficient (Wildman–Crippen LogP) is 2.63. The van der Waals surface area contributed by atoms with E-state index in [0.717, 1.165) is 25.2 Å². The first-order valence-corrected chi connectivity index (χ1v) is 7.00. The standard InChI is InChI=1S/C15H23N3O.2ClH/c1-3-18-8-4-5-13(18)10-17-15(19)14-9-12(16)7-6-11(14)2;;/h6-7,9,13H,3-5,8,10,16H2,1-2H3,(H,17,19);2*1H. The number of anilines is 1. The molecule has 0 aliphatic carbocycles. The largest absolute Gasteiger partial charge is 0.399 e. The number of nitrogens with zero attached hydrogens (tertiary/aromatic N) is 1. The number of nitrogens with one attached hydrogen (secondary N) is 1. The molecule has 6 heteroatoms. The Morgan fingerprint density at radius 3 is 2.81 bits per heavy atom. The third-order valence-corrected chi connectivity index (χ3v) is 3.91. The zero-order valence-corrected chi connectivity index (χ0v) is 14.2. The summed E-state index contributed by atoms with van der Waals surface area (Å²) in [6.07, 6.45) is 2.40. The Labute approximate surface area is 139 Å². The summed E-state index contributed by atoms with van der Waals surface area (Å²) < 4.78 is 0. The topological polar surface area (TPSA) is 58.4 Å². The van der Waals surface area contributed by atoms with E-state index in [4.69, 9.17) is 5.73 Å². The minimum Gasteiger partial charge on any atom is -0.399 e. The zero-order chi connectivity index (χ0) is 13.8. The Morgan fingerprint density at radius 1 is 1.43 bits per heavy atom. The van der Waals surface area contributed by atoms with Gasteiger partial charge in [-0.1, -0.05) is 13.0 Å². The SMILES string of the molecule is CCN1CCCC1CNC(=O)c1cc(N)ccc1C.Cl.Cl. The van der Waals surface area contributed by atoms with Gasteiger partial charge in [-0.25, -0.2) is 0 Å². The lowest BCUT2D eigenvalue weighted by molar-refractivity contribution is 0.0941. The molecule has 1 aliphatic rings. The fourth-order valence-corrected chi connectivity index (χ4v) is 2.73. The van der Waals surface area contributed by atoms with E-state index in [1.54, 1.807) is 6.07 Å². The normalized spacial score (nSPS) is 17.7. The lowest BCUT2D eigenvalue weighted by Crippen LogP contribution is -2.40. The van der Waals surface area contributed by atoms with Crippen molar-refractivity contribution in [1.29, 1.82) is 0 Å². The van der Waals surface area contributed by atoms with Crippen LogP contribution in [0.15, 0.2) is 18.2 Å². The maximum absolute atomic E-state index is 12.2. The van der Waals surface area contributed by atoms with Crippen molar-refractivity contribution < 1.29 is 4.79 Å². The number of carbonyl (C=O) groups is 1. The molecular weight excluding hydrogens is 309 g/mol. The van der Waals surface area contributed by atoms with Gasteiger partial charge >= 0.3 is 0 Å². The van der Waals surface area contributed by atoms with E-state index in [2.05, 4.69) is 17.1 Å². The molecule has 0 saturated carbocycles.